The SMILES string of the molecule is CCn1c(-c2cccnc2[C@H](C)OC)c2c3cc(ccc31)-c1csc(n1)C[C@H](NC(=O)C(C(C)C)N(C)C(=O)N1CC3(CCOCC3)C1)C(=O)N1CCC[C@H](N1)C(=O)OCC(C)(C)C2. The highest BCUT2D eigenvalue weighted by atomic mass is 32.1. The van der Waals surface area contributed by atoms with Crippen molar-refractivity contribution in [3.63, 3.8) is 0 Å². The molecule has 6 bridgehead atoms. The molecule has 3 saturated heterocycles. The number of nitrogens with one attached hydrogen (secondary N) is 2. The second-order valence-electron chi connectivity index (χ2n) is 19.3. The molecule has 1 aromatic carbocycles. The van der Waals surface area contributed by atoms with E-state index in [1.807, 2.05) is 32.2 Å². The van der Waals surface area contributed by atoms with Gasteiger partial charge in [0.2, 0.25) is 5.91 Å². The molecule has 3 fully saturated rings. The number of hydrogen-bond acceptors (Lipinski definition) is 11. The van der Waals surface area contributed by atoms with E-state index < -0.39 is 35.4 Å². The zero-order chi connectivity index (χ0) is 45.5. The van der Waals surface area contributed by atoms with Gasteiger partial charge in [-0.2, -0.15) is 0 Å². The van der Waals surface area contributed by atoms with Gasteiger partial charge < -0.3 is 33.9 Å². The van der Waals surface area contributed by atoms with E-state index in [0.29, 0.717) is 63.7 Å². The summed E-state index contributed by atoms with van der Waals surface area (Å²) in [5.74, 6) is -1.50. The molecule has 2 N–H and O–H groups in total. The number of hydrazine groups is 1. The van der Waals surface area contributed by atoms with Crippen LogP contribution in [-0.2, 0) is 48.0 Å². The maximum atomic E-state index is 14.6. The van der Waals surface area contributed by atoms with Gasteiger partial charge in [-0.3, -0.25) is 24.4 Å². The van der Waals surface area contributed by atoms with Crippen molar-refractivity contribution in [1.82, 2.24) is 40.1 Å². The molecule has 16 heteroatoms. The van der Waals surface area contributed by atoms with Gasteiger partial charge in [0.15, 0.2) is 0 Å². The first-order chi connectivity index (χ1) is 30.6. The van der Waals surface area contributed by atoms with Crippen molar-refractivity contribution < 1.29 is 33.4 Å². The number of hydrogen-bond donors (Lipinski definition) is 2. The highest BCUT2D eigenvalue weighted by Crippen LogP contribution is 2.43. The number of benzene rings is 1. The number of carbonyl (C=O) groups excluding carboxylic acids is 4. The zero-order valence-electron chi connectivity index (χ0n) is 38.6. The highest BCUT2D eigenvalue weighted by Gasteiger charge is 2.48. The Morgan fingerprint density at radius 2 is 1.89 bits per heavy atom. The first kappa shape index (κ1) is 45.7. The van der Waals surface area contributed by atoms with Gasteiger partial charge in [-0.05, 0) is 81.7 Å². The number of cyclic esters (lactones) is 1. The largest absolute Gasteiger partial charge is 0.464 e. The molecule has 64 heavy (non-hydrogen) atoms. The lowest BCUT2D eigenvalue weighted by Gasteiger charge is -2.53. The molecule has 4 amide bonds. The summed E-state index contributed by atoms with van der Waals surface area (Å²) in [4.78, 5) is 70.0. The molecular weight excluding hydrogens is 833 g/mol. The van der Waals surface area contributed by atoms with E-state index in [1.165, 1.54) is 21.2 Å². The Morgan fingerprint density at radius 3 is 2.61 bits per heavy atom. The van der Waals surface area contributed by atoms with Crippen LogP contribution in [0.2, 0.25) is 0 Å². The predicted molar refractivity (Wildman–Crippen MR) is 245 cm³/mol. The lowest BCUT2D eigenvalue weighted by Crippen LogP contribution is -2.65. The van der Waals surface area contributed by atoms with Gasteiger partial charge >= 0.3 is 12.0 Å². The molecule has 0 aliphatic carbocycles. The van der Waals surface area contributed by atoms with Crippen molar-refractivity contribution in [3.8, 4) is 22.5 Å². The van der Waals surface area contributed by atoms with Crippen LogP contribution in [0.15, 0.2) is 41.9 Å². The van der Waals surface area contributed by atoms with E-state index in [4.69, 9.17) is 24.2 Å². The molecule has 344 valence electrons. The molecule has 0 radical (unpaired) electrons. The average molecular weight is 897 g/mol. The molecule has 4 aliphatic rings. The van der Waals surface area contributed by atoms with Crippen molar-refractivity contribution >= 4 is 46.1 Å². The van der Waals surface area contributed by atoms with Crippen LogP contribution in [0.5, 0.6) is 0 Å². The lowest BCUT2D eigenvalue weighted by atomic mass is 9.73. The van der Waals surface area contributed by atoms with Gasteiger partial charge in [0, 0.05) is 104 Å². The minimum atomic E-state index is -1.04. The van der Waals surface area contributed by atoms with E-state index in [-0.39, 0.29) is 42.4 Å². The molecule has 7 heterocycles. The molecule has 4 atom stereocenters. The number of aromatic nitrogens is 3. The second-order valence-corrected chi connectivity index (χ2v) is 20.3. The summed E-state index contributed by atoms with van der Waals surface area (Å²) in [6.07, 6.45) is 5.14. The number of nitrogens with zero attached hydrogens (tertiary/aromatic N) is 6. The van der Waals surface area contributed by atoms with E-state index in [9.17, 15) is 19.2 Å². The minimum Gasteiger partial charge on any atom is -0.464 e. The van der Waals surface area contributed by atoms with E-state index >= 15 is 0 Å². The first-order valence-electron chi connectivity index (χ1n) is 22.8. The van der Waals surface area contributed by atoms with Crippen LogP contribution in [0, 0.1) is 16.7 Å². The summed E-state index contributed by atoms with van der Waals surface area (Å²) in [6, 6.07) is 7.63. The number of ether oxygens (including phenoxy) is 3. The first-order valence-corrected chi connectivity index (χ1v) is 23.7. The molecule has 1 unspecified atom stereocenters. The summed E-state index contributed by atoms with van der Waals surface area (Å²) in [5, 5.41) is 8.24. The van der Waals surface area contributed by atoms with Gasteiger partial charge in [-0.15, -0.1) is 11.3 Å². The average Bonchev–Trinajstić information content (AvgIpc) is 3.87. The van der Waals surface area contributed by atoms with Crippen molar-refractivity contribution in [1.29, 1.82) is 0 Å². The normalized spacial score (nSPS) is 22.1. The number of aryl methyl sites for hydroxylation is 1. The maximum absolute atomic E-state index is 14.6. The number of amides is 4. The van der Waals surface area contributed by atoms with Crippen LogP contribution in [0.4, 0.5) is 4.79 Å². The summed E-state index contributed by atoms with van der Waals surface area (Å²) in [5.41, 5.74) is 9.49. The third-order valence-electron chi connectivity index (χ3n) is 13.7. The lowest BCUT2D eigenvalue weighted by molar-refractivity contribution is -0.155. The van der Waals surface area contributed by atoms with Crippen LogP contribution in [-0.4, -0.2) is 125 Å². The van der Waals surface area contributed by atoms with Crippen molar-refractivity contribution in [3.05, 3.63) is 58.2 Å². The maximum Gasteiger partial charge on any atom is 0.324 e. The monoisotopic (exact) mass is 896 g/mol. The summed E-state index contributed by atoms with van der Waals surface area (Å²) in [7, 11) is 3.36. The van der Waals surface area contributed by atoms with E-state index in [0.717, 1.165) is 57.5 Å². The second kappa shape index (κ2) is 18.5. The Kier molecular flexibility index (Phi) is 13.2. The van der Waals surface area contributed by atoms with Crippen molar-refractivity contribution in [2.24, 2.45) is 16.7 Å². The Hall–Kier alpha value is -4.90. The number of pyridine rings is 1. The molecule has 8 rings (SSSR count). The minimum absolute atomic E-state index is 0.0811. The third kappa shape index (κ3) is 9.03. The Balaban J connectivity index is 1.15. The standard InChI is InChI=1S/C48H64N8O7S/c1-9-55-38-15-14-31-22-33(38)34(42(55)32-12-10-18-49-40(32)30(4)61-8)24-47(5,6)28-63-45(59)35-13-11-19-56(52-35)44(58)36(23-39-50-37(31)25-64-39)51-43(57)41(29(2)3)53(7)46(60)54-26-48(27-54)16-20-62-21-17-48/h10,12,14-15,18,22,25,29-30,35-36,41,52H,9,11,13,16-17,19-21,23-24,26-28H2,1-8H3,(H,51,57)/t30-,35-,36-,41?/m0/s1. The van der Waals surface area contributed by atoms with Crippen LogP contribution in [0.1, 0.15) is 89.6 Å². The molecule has 0 saturated carbocycles. The molecular formula is C48H64N8O7S. The van der Waals surface area contributed by atoms with Crippen molar-refractivity contribution in [2.75, 3.05) is 53.6 Å². The number of fused-ring (bicyclic) bond motifs is 6. The van der Waals surface area contributed by atoms with Gasteiger partial charge in [-0.25, -0.2) is 15.2 Å². The van der Waals surface area contributed by atoms with Crippen molar-refractivity contribution in [2.45, 2.75) is 111 Å². The summed E-state index contributed by atoms with van der Waals surface area (Å²) in [6.45, 7) is 16.0. The van der Waals surface area contributed by atoms with Gasteiger partial charge in [0.1, 0.15) is 18.1 Å². The molecule has 1 spiro atoms. The Bertz CT molecular complexity index is 2380. The van der Waals surface area contributed by atoms with E-state index in [1.54, 1.807) is 25.3 Å². The van der Waals surface area contributed by atoms with Crippen LogP contribution >= 0.6 is 11.3 Å². The number of esters is 1. The smallest absolute Gasteiger partial charge is 0.324 e. The molecule has 15 nitrogen and oxygen atoms in total. The van der Waals surface area contributed by atoms with E-state index in [2.05, 4.69) is 60.3 Å². The number of thiazole rings is 1. The molecule has 3 aromatic heterocycles. The quantitative estimate of drug-likeness (QED) is 0.190. The zero-order valence-corrected chi connectivity index (χ0v) is 39.4. The number of likely N-dealkylation sites (N-methyl/N-ethyl adjacent to an activating group) is 1. The predicted octanol–water partition coefficient (Wildman–Crippen LogP) is 6.39. The van der Waals surface area contributed by atoms with Gasteiger partial charge in [0.25, 0.3) is 5.91 Å². The Labute approximate surface area is 380 Å². The van der Waals surface area contributed by atoms with Crippen LogP contribution in [0.25, 0.3) is 33.4 Å². The number of carbonyl (C=O) groups is 4. The summed E-state index contributed by atoms with van der Waals surface area (Å²) >= 11 is 1.43. The number of urea groups is 1. The van der Waals surface area contributed by atoms with Crippen LogP contribution < -0.4 is 10.7 Å². The molecule has 4 aliphatic heterocycles. The molecule has 4 aromatic rings. The Morgan fingerprint density at radius 1 is 1.12 bits per heavy atom. The highest BCUT2D eigenvalue weighted by molar-refractivity contribution is 7.10. The summed E-state index contributed by atoms with van der Waals surface area (Å²) < 4.78 is 19.8. The topological polar surface area (TPSA) is 160 Å². The number of methoxy groups -OCH3 is 1. The third-order valence-corrected chi connectivity index (χ3v) is 14.5. The van der Waals surface area contributed by atoms with Gasteiger partial charge in [-0.1, -0.05) is 33.8 Å². The van der Waals surface area contributed by atoms with Gasteiger partial charge in [0.05, 0.1) is 34.8 Å². The fourth-order valence-electron chi connectivity index (χ4n) is 10.1. The van der Waals surface area contributed by atoms with Crippen LogP contribution in [0.3, 0.4) is 0 Å². The number of rotatable bonds is 8. The number of likely N-dealkylation sites (tertiary alicyclic amines) is 1. The fourth-order valence-corrected chi connectivity index (χ4v) is 11.0. The fraction of sp³-hybridized carbons (Fsp3) is 0.583.